The number of halogens is 1. The second kappa shape index (κ2) is 8.23. The van der Waals surface area contributed by atoms with Gasteiger partial charge in [0.25, 0.3) is 0 Å². The molecule has 2 aromatic carbocycles. The van der Waals surface area contributed by atoms with Crippen LogP contribution in [0.25, 0.3) is 10.9 Å². The zero-order valence-electron chi connectivity index (χ0n) is 13.9. The fraction of sp³-hybridized carbons (Fsp3) is 0.211. The number of benzene rings is 2. The van der Waals surface area contributed by atoms with Crippen molar-refractivity contribution in [1.29, 1.82) is 0 Å². The largest absolute Gasteiger partial charge is 0.494 e. The van der Waals surface area contributed by atoms with Gasteiger partial charge in [0.1, 0.15) is 5.75 Å². The number of hydrogen-bond donors (Lipinski definition) is 3. The van der Waals surface area contributed by atoms with Crippen molar-refractivity contribution < 1.29 is 4.74 Å². The van der Waals surface area contributed by atoms with E-state index in [0.29, 0.717) is 11.7 Å². The lowest BCUT2D eigenvalue weighted by atomic mass is 10.1. The zero-order valence-corrected chi connectivity index (χ0v) is 15.5. The molecule has 0 spiro atoms. The van der Waals surface area contributed by atoms with Crippen LogP contribution in [-0.4, -0.2) is 23.2 Å². The predicted molar refractivity (Wildman–Crippen MR) is 109 cm³/mol. The van der Waals surface area contributed by atoms with E-state index in [0.717, 1.165) is 40.3 Å². The van der Waals surface area contributed by atoms with Crippen molar-refractivity contribution in [3.8, 4) is 5.75 Å². The summed E-state index contributed by atoms with van der Waals surface area (Å²) in [7, 11) is 0. The van der Waals surface area contributed by atoms with E-state index in [1.807, 2.05) is 55.6 Å². The van der Waals surface area contributed by atoms with Gasteiger partial charge in [-0.2, -0.15) is 0 Å². The smallest absolute Gasteiger partial charge is 0.170 e. The molecule has 3 N–H and O–H groups in total. The average molecular weight is 374 g/mol. The van der Waals surface area contributed by atoms with E-state index < -0.39 is 0 Å². The molecule has 0 unspecified atom stereocenters. The molecule has 130 valence electrons. The SMILES string of the molecule is CCOc1ccc(NC(=S)NCCc2c[nH]c3ccc(Cl)cc23)cc1. The number of thiocarbonyl (C=S) groups is 1. The van der Waals surface area contributed by atoms with Crippen LogP contribution in [0.3, 0.4) is 0 Å². The Bertz CT molecular complexity index is 861. The molecule has 0 fully saturated rings. The maximum atomic E-state index is 6.08. The van der Waals surface area contributed by atoms with Gasteiger partial charge >= 0.3 is 0 Å². The first-order valence-electron chi connectivity index (χ1n) is 8.19. The lowest BCUT2D eigenvalue weighted by Crippen LogP contribution is -2.30. The van der Waals surface area contributed by atoms with E-state index in [4.69, 9.17) is 28.6 Å². The molecule has 0 aliphatic rings. The monoisotopic (exact) mass is 373 g/mol. The number of anilines is 1. The third kappa shape index (κ3) is 4.65. The van der Waals surface area contributed by atoms with Crippen LogP contribution >= 0.6 is 23.8 Å². The van der Waals surface area contributed by atoms with Gasteiger partial charge in [0.15, 0.2) is 5.11 Å². The van der Waals surface area contributed by atoms with Crippen LogP contribution in [0, 0.1) is 0 Å². The summed E-state index contributed by atoms with van der Waals surface area (Å²) in [4.78, 5) is 3.26. The van der Waals surface area contributed by atoms with Gasteiger partial charge in [-0.1, -0.05) is 11.6 Å². The summed E-state index contributed by atoms with van der Waals surface area (Å²) in [5, 5.41) is 8.90. The van der Waals surface area contributed by atoms with Crippen LogP contribution in [0.5, 0.6) is 5.75 Å². The topological polar surface area (TPSA) is 49.1 Å². The zero-order chi connectivity index (χ0) is 17.6. The van der Waals surface area contributed by atoms with Crippen LogP contribution in [-0.2, 0) is 6.42 Å². The summed E-state index contributed by atoms with van der Waals surface area (Å²) in [6.07, 6.45) is 2.87. The minimum atomic E-state index is 0.599. The van der Waals surface area contributed by atoms with Gasteiger partial charge in [-0.25, -0.2) is 0 Å². The average Bonchev–Trinajstić information content (AvgIpc) is 2.99. The number of nitrogens with one attached hydrogen (secondary N) is 3. The highest BCUT2D eigenvalue weighted by molar-refractivity contribution is 7.80. The molecule has 0 amide bonds. The summed E-state index contributed by atoms with van der Waals surface area (Å²) >= 11 is 11.4. The van der Waals surface area contributed by atoms with E-state index in [-0.39, 0.29) is 0 Å². The molecule has 6 heteroatoms. The molecule has 0 aliphatic carbocycles. The van der Waals surface area contributed by atoms with E-state index in [2.05, 4.69) is 15.6 Å². The Kier molecular flexibility index (Phi) is 5.79. The lowest BCUT2D eigenvalue weighted by molar-refractivity contribution is 0.340. The second-order valence-corrected chi connectivity index (χ2v) is 6.44. The van der Waals surface area contributed by atoms with Crippen molar-refractivity contribution in [1.82, 2.24) is 10.3 Å². The van der Waals surface area contributed by atoms with Crippen LogP contribution in [0.15, 0.2) is 48.7 Å². The van der Waals surface area contributed by atoms with Gasteiger partial charge < -0.3 is 20.4 Å². The molecule has 0 radical (unpaired) electrons. The lowest BCUT2D eigenvalue weighted by Gasteiger charge is -2.11. The summed E-state index contributed by atoms with van der Waals surface area (Å²) < 4.78 is 5.43. The highest BCUT2D eigenvalue weighted by Crippen LogP contribution is 2.22. The van der Waals surface area contributed by atoms with Gasteiger partial charge in [-0.3, -0.25) is 0 Å². The van der Waals surface area contributed by atoms with E-state index in [1.54, 1.807) is 0 Å². The Morgan fingerprint density at radius 1 is 1.20 bits per heavy atom. The highest BCUT2D eigenvalue weighted by Gasteiger charge is 2.05. The quantitative estimate of drug-likeness (QED) is 0.546. The predicted octanol–water partition coefficient (Wildman–Crippen LogP) is 4.75. The van der Waals surface area contributed by atoms with Gasteiger partial charge in [0.2, 0.25) is 0 Å². The number of hydrogen-bond acceptors (Lipinski definition) is 2. The number of rotatable bonds is 6. The first-order chi connectivity index (χ1) is 12.2. The summed E-state index contributed by atoms with van der Waals surface area (Å²) in [5.74, 6) is 0.852. The normalized spacial score (nSPS) is 10.6. The fourth-order valence-corrected chi connectivity index (χ4v) is 3.04. The number of aromatic nitrogens is 1. The number of fused-ring (bicyclic) bond motifs is 1. The molecule has 0 aliphatic heterocycles. The van der Waals surface area contributed by atoms with Crippen LogP contribution in [0.2, 0.25) is 5.02 Å². The Morgan fingerprint density at radius 2 is 2.00 bits per heavy atom. The summed E-state index contributed by atoms with van der Waals surface area (Å²) in [5.41, 5.74) is 3.24. The summed E-state index contributed by atoms with van der Waals surface area (Å²) in [6.45, 7) is 3.36. The van der Waals surface area contributed by atoms with Crippen LogP contribution in [0.1, 0.15) is 12.5 Å². The minimum Gasteiger partial charge on any atom is -0.494 e. The van der Waals surface area contributed by atoms with Gasteiger partial charge in [0, 0.05) is 34.4 Å². The molecular formula is C19H20ClN3OS. The van der Waals surface area contributed by atoms with Crippen LogP contribution in [0.4, 0.5) is 5.69 Å². The first kappa shape index (κ1) is 17.6. The third-order valence-corrected chi connectivity index (χ3v) is 4.31. The number of aromatic amines is 1. The molecule has 0 saturated heterocycles. The van der Waals surface area contributed by atoms with Gasteiger partial charge in [0.05, 0.1) is 6.61 Å². The molecule has 1 aromatic heterocycles. The molecule has 25 heavy (non-hydrogen) atoms. The van der Waals surface area contributed by atoms with Crippen molar-refractivity contribution in [3.63, 3.8) is 0 Å². The molecule has 3 rings (SSSR count). The molecule has 4 nitrogen and oxygen atoms in total. The maximum Gasteiger partial charge on any atom is 0.170 e. The van der Waals surface area contributed by atoms with E-state index >= 15 is 0 Å². The van der Waals surface area contributed by atoms with E-state index in [9.17, 15) is 0 Å². The minimum absolute atomic E-state index is 0.599. The van der Waals surface area contributed by atoms with Crippen molar-refractivity contribution in [3.05, 3.63) is 59.2 Å². The molecular weight excluding hydrogens is 354 g/mol. The first-order valence-corrected chi connectivity index (χ1v) is 8.97. The Hall–Kier alpha value is -2.24. The Balaban J connectivity index is 1.51. The number of ether oxygens (including phenoxy) is 1. The van der Waals surface area contributed by atoms with E-state index in [1.165, 1.54) is 5.56 Å². The second-order valence-electron chi connectivity index (χ2n) is 5.59. The molecule has 0 atom stereocenters. The van der Waals surface area contributed by atoms with Gasteiger partial charge in [-0.05, 0) is 73.6 Å². The third-order valence-electron chi connectivity index (χ3n) is 3.83. The Morgan fingerprint density at radius 3 is 2.76 bits per heavy atom. The highest BCUT2D eigenvalue weighted by atomic mass is 35.5. The number of H-pyrrole nitrogens is 1. The maximum absolute atomic E-state index is 6.08. The molecule has 0 saturated carbocycles. The van der Waals surface area contributed by atoms with Crippen molar-refractivity contribution in [2.75, 3.05) is 18.5 Å². The van der Waals surface area contributed by atoms with Crippen molar-refractivity contribution >= 4 is 45.5 Å². The Labute approximate surface area is 157 Å². The fourth-order valence-electron chi connectivity index (χ4n) is 2.64. The van der Waals surface area contributed by atoms with Gasteiger partial charge in [-0.15, -0.1) is 0 Å². The molecule has 3 aromatic rings. The van der Waals surface area contributed by atoms with Crippen molar-refractivity contribution in [2.24, 2.45) is 0 Å². The summed E-state index contributed by atoms with van der Waals surface area (Å²) in [6, 6.07) is 13.6. The standard InChI is InChI=1S/C19H20ClN3OS/c1-2-24-16-6-4-15(5-7-16)23-19(25)21-10-9-13-12-22-18-8-3-14(20)11-17(13)18/h3-8,11-12,22H,2,9-10H2,1H3,(H2,21,23,25). The molecule has 1 heterocycles. The van der Waals surface area contributed by atoms with Crippen molar-refractivity contribution in [2.45, 2.75) is 13.3 Å². The molecule has 0 bridgehead atoms. The van der Waals surface area contributed by atoms with Crippen LogP contribution < -0.4 is 15.4 Å².